The molecule has 1 heterocycles. The summed E-state index contributed by atoms with van der Waals surface area (Å²) in [5.74, 6) is 0.152. The van der Waals surface area contributed by atoms with Crippen LogP contribution in [0.2, 0.25) is 0 Å². The van der Waals surface area contributed by atoms with Crippen molar-refractivity contribution >= 4 is 28.2 Å². The van der Waals surface area contributed by atoms with Gasteiger partial charge in [-0.1, -0.05) is 13.8 Å². The number of ether oxygens (including phenoxy) is 2. The van der Waals surface area contributed by atoms with Crippen LogP contribution in [0.5, 0.6) is 5.75 Å². The van der Waals surface area contributed by atoms with Gasteiger partial charge in [0, 0.05) is 0 Å². The lowest BCUT2D eigenvalue weighted by Gasteiger charge is -2.13. The Morgan fingerprint density at radius 3 is 2.52 bits per heavy atom. The molecular formula is C20H22N2O4S. The standard InChI is InChI=1S/C20H22N2O4S/c1-13(2)8-10-25-17-6-4-15(5-7-17)20(24)26-14(3)18(23)22-19-16(12-21)9-11-27-19/h4-7,9,11,13-14H,8,10H2,1-3H3,(H,22,23). The van der Waals surface area contributed by atoms with E-state index < -0.39 is 18.0 Å². The third kappa shape index (κ3) is 6.12. The van der Waals surface area contributed by atoms with E-state index in [9.17, 15) is 9.59 Å². The summed E-state index contributed by atoms with van der Waals surface area (Å²) in [4.78, 5) is 24.4. The maximum absolute atomic E-state index is 12.2. The fourth-order valence-electron chi connectivity index (χ4n) is 2.09. The average Bonchev–Trinajstić information content (AvgIpc) is 3.09. The summed E-state index contributed by atoms with van der Waals surface area (Å²) in [6.45, 7) is 6.35. The van der Waals surface area contributed by atoms with Crippen LogP contribution in [0.1, 0.15) is 43.1 Å². The molecule has 2 aromatic rings. The van der Waals surface area contributed by atoms with E-state index in [0.29, 0.717) is 34.4 Å². The van der Waals surface area contributed by atoms with Crippen LogP contribution in [0.15, 0.2) is 35.7 Å². The van der Waals surface area contributed by atoms with Gasteiger partial charge in [-0.3, -0.25) is 4.79 Å². The fraction of sp³-hybridized carbons (Fsp3) is 0.350. The number of carbonyl (C=O) groups is 2. The van der Waals surface area contributed by atoms with Crippen molar-refractivity contribution < 1.29 is 19.1 Å². The van der Waals surface area contributed by atoms with Crippen LogP contribution in [-0.4, -0.2) is 24.6 Å². The zero-order valence-corrected chi connectivity index (χ0v) is 16.3. The van der Waals surface area contributed by atoms with Crippen LogP contribution >= 0.6 is 11.3 Å². The van der Waals surface area contributed by atoms with Crippen LogP contribution in [0.3, 0.4) is 0 Å². The van der Waals surface area contributed by atoms with Crippen molar-refractivity contribution in [2.45, 2.75) is 33.3 Å². The molecule has 1 unspecified atom stereocenters. The summed E-state index contributed by atoms with van der Waals surface area (Å²) in [7, 11) is 0. The van der Waals surface area contributed by atoms with E-state index in [-0.39, 0.29) is 0 Å². The lowest BCUT2D eigenvalue weighted by atomic mass is 10.1. The van der Waals surface area contributed by atoms with Gasteiger partial charge in [0.2, 0.25) is 0 Å². The van der Waals surface area contributed by atoms with Gasteiger partial charge in [0.1, 0.15) is 16.8 Å². The highest BCUT2D eigenvalue weighted by molar-refractivity contribution is 7.14. The minimum absolute atomic E-state index is 0.333. The molecule has 7 heteroatoms. The van der Waals surface area contributed by atoms with Crippen LogP contribution in [0.25, 0.3) is 0 Å². The van der Waals surface area contributed by atoms with Gasteiger partial charge >= 0.3 is 5.97 Å². The van der Waals surface area contributed by atoms with E-state index in [1.807, 2.05) is 6.07 Å². The number of carbonyl (C=O) groups excluding carboxylic acids is 2. The molecule has 0 aliphatic heterocycles. The van der Waals surface area contributed by atoms with Crippen LogP contribution in [0, 0.1) is 17.2 Å². The Morgan fingerprint density at radius 2 is 1.89 bits per heavy atom. The first-order valence-corrected chi connectivity index (χ1v) is 9.51. The summed E-state index contributed by atoms with van der Waals surface area (Å²) in [6, 6.07) is 10.2. The zero-order chi connectivity index (χ0) is 19.8. The second-order valence-corrected chi connectivity index (χ2v) is 7.28. The number of amides is 1. The van der Waals surface area contributed by atoms with Gasteiger partial charge < -0.3 is 14.8 Å². The molecule has 0 spiro atoms. The van der Waals surface area contributed by atoms with Crippen LogP contribution in [-0.2, 0) is 9.53 Å². The second kappa shape index (κ2) is 9.74. The van der Waals surface area contributed by atoms with Crippen molar-refractivity contribution in [3.63, 3.8) is 0 Å². The van der Waals surface area contributed by atoms with E-state index in [2.05, 4.69) is 19.2 Å². The van der Waals surface area contributed by atoms with Crippen molar-refractivity contribution in [3.8, 4) is 11.8 Å². The molecular weight excluding hydrogens is 364 g/mol. The first kappa shape index (κ1) is 20.5. The molecule has 27 heavy (non-hydrogen) atoms. The number of hydrogen-bond donors (Lipinski definition) is 1. The van der Waals surface area contributed by atoms with E-state index in [0.717, 1.165) is 6.42 Å². The zero-order valence-electron chi connectivity index (χ0n) is 15.5. The van der Waals surface area contributed by atoms with E-state index in [1.54, 1.807) is 35.7 Å². The topological polar surface area (TPSA) is 88.4 Å². The highest BCUT2D eigenvalue weighted by atomic mass is 32.1. The van der Waals surface area contributed by atoms with Gasteiger partial charge in [0.25, 0.3) is 5.91 Å². The minimum Gasteiger partial charge on any atom is -0.494 e. The average molecular weight is 386 g/mol. The first-order chi connectivity index (χ1) is 12.9. The van der Waals surface area contributed by atoms with Gasteiger partial charge in [-0.25, -0.2) is 4.79 Å². The summed E-state index contributed by atoms with van der Waals surface area (Å²) in [6.07, 6.45) is -0.0399. The maximum atomic E-state index is 12.2. The molecule has 1 aromatic heterocycles. The summed E-state index contributed by atoms with van der Waals surface area (Å²) in [5, 5.41) is 13.7. The minimum atomic E-state index is -0.992. The highest BCUT2D eigenvalue weighted by Gasteiger charge is 2.20. The quantitative estimate of drug-likeness (QED) is 0.686. The lowest BCUT2D eigenvalue weighted by molar-refractivity contribution is -0.123. The Kier molecular flexibility index (Phi) is 7.38. The number of thiophene rings is 1. The highest BCUT2D eigenvalue weighted by Crippen LogP contribution is 2.22. The Bertz CT molecular complexity index is 821. The molecule has 6 nitrogen and oxygen atoms in total. The molecule has 2 rings (SSSR count). The van der Waals surface area contributed by atoms with Gasteiger partial charge in [-0.05, 0) is 55.0 Å². The predicted molar refractivity (Wildman–Crippen MR) is 104 cm³/mol. The second-order valence-electron chi connectivity index (χ2n) is 6.37. The first-order valence-electron chi connectivity index (χ1n) is 8.63. The number of esters is 1. The SMILES string of the molecule is CC(C)CCOc1ccc(C(=O)OC(C)C(=O)Nc2sccc2C#N)cc1. The molecule has 1 atom stereocenters. The molecule has 0 fully saturated rings. The molecule has 0 saturated carbocycles. The van der Waals surface area contributed by atoms with Gasteiger partial charge in [0.05, 0.1) is 17.7 Å². The number of nitriles is 1. The third-order valence-electron chi connectivity index (χ3n) is 3.73. The van der Waals surface area contributed by atoms with E-state index in [4.69, 9.17) is 14.7 Å². The molecule has 142 valence electrons. The van der Waals surface area contributed by atoms with Crippen molar-refractivity contribution in [2.75, 3.05) is 11.9 Å². The van der Waals surface area contributed by atoms with Gasteiger partial charge in [0.15, 0.2) is 6.10 Å². The number of nitrogens with zero attached hydrogens (tertiary/aromatic N) is 1. The molecule has 1 amide bonds. The van der Waals surface area contributed by atoms with Gasteiger partial charge in [-0.15, -0.1) is 11.3 Å². The Hall–Kier alpha value is -2.85. The molecule has 1 aromatic carbocycles. The summed E-state index contributed by atoms with van der Waals surface area (Å²) < 4.78 is 10.8. The normalized spacial score (nSPS) is 11.5. The van der Waals surface area contributed by atoms with Crippen molar-refractivity contribution in [3.05, 3.63) is 46.8 Å². The van der Waals surface area contributed by atoms with E-state index >= 15 is 0 Å². The summed E-state index contributed by atoms with van der Waals surface area (Å²) in [5.41, 5.74) is 0.708. The van der Waals surface area contributed by atoms with Crippen LogP contribution < -0.4 is 10.1 Å². The molecule has 1 N–H and O–H groups in total. The number of rotatable bonds is 8. The largest absolute Gasteiger partial charge is 0.494 e. The third-order valence-corrected chi connectivity index (χ3v) is 4.56. The van der Waals surface area contributed by atoms with Crippen molar-refractivity contribution in [1.29, 1.82) is 5.26 Å². The van der Waals surface area contributed by atoms with Crippen molar-refractivity contribution in [1.82, 2.24) is 0 Å². The predicted octanol–water partition coefficient (Wildman–Crippen LogP) is 4.23. The van der Waals surface area contributed by atoms with E-state index in [1.165, 1.54) is 18.3 Å². The molecule has 0 saturated heterocycles. The molecule has 0 aliphatic carbocycles. The monoisotopic (exact) mass is 386 g/mol. The number of anilines is 1. The molecule has 0 radical (unpaired) electrons. The smallest absolute Gasteiger partial charge is 0.338 e. The Labute approximate surface area is 162 Å². The lowest BCUT2D eigenvalue weighted by Crippen LogP contribution is -2.29. The fourth-order valence-corrected chi connectivity index (χ4v) is 2.83. The summed E-state index contributed by atoms with van der Waals surface area (Å²) >= 11 is 1.24. The van der Waals surface area contributed by atoms with Gasteiger partial charge in [-0.2, -0.15) is 5.26 Å². The van der Waals surface area contributed by atoms with Crippen LogP contribution in [0.4, 0.5) is 5.00 Å². The number of benzene rings is 1. The number of nitrogens with one attached hydrogen (secondary N) is 1. The van der Waals surface area contributed by atoms with Crippen molar-refractivity contribution in [2.24, 2.45) is 5.92 Å². The molecule has 0 aliphatic rings. The Morgan fingerprint density at radius 1 is 1.19 bits per heavy atom. The Balaban J connectivity index is 1.88. The number of hydrogen-bond acceptors (Lipinski definition) is 6. The maximum Gasteiger partial charge on any atom is 0.338 e. The molecule has 0 bridgehead atoms.